The van der Waals surface area contributed by atoms with E-state index in [1.54, 1.807) is 43.2 Å². The number of carbonyl (C=O) groups excluding carboxylic acids is 1. The minimum Gasteiger partial charge on any atom is -0.497 e. The van der Waals surface area contributed by atoms with E-state index in [2.05, 4.69) is 37.6 Å². The lowest BCUT2D eigenvalue weighted by Crippen LogP contribution is -2.20. The SMILES string of the molecule is C=CCn1c(Cn2nnc3ccccc32)nnc1SCC(=O)N/N=C\c1ccc(OC)cc1OC. The number of benzene rings is 2. The van der Waals surface area contributed by atoms with Gasteiger partial charge in [0.25, 0.3) is 5.91 Å². The standard InChI is InChI=1S/C23H24N8O3S/c1-4-11-30-21(14-31-19-8-6-5-7-18(19)25-29-31)26-28-23(30)35-15-22(32)27-24-13-16-9-10-17(33-2)12-20(16)34-3/h4-10,12-13H,1,11,14-15H2,2-3H3,(H,27,32)/b24-13-. The van der Waals surface area contributed by atoms with Crippen molar-refractivity contribution in [1.82, 2.24) is 35.2 Å². The van der Waals surface area contributed by atoms with E-state index in [4.69, 9.17) is 9.47 Å². The summed E-state index contributed by atoms with van der Waals surface area (Å²) in [7, 11) is 3.14. The van der Waals surface area contributed by atoms with E-state index in [0.717, 1.165) is 11.0 Å². The minimum absolute atomic E-state index is 0.110. The van der Waals surface area contributed by atoms with Gasteiger partial charge in [0.05, 0.1) is 31.7 Å². The number of hydrazone groups is 1. The van der Waals surface area contributed by atoms with Gasteiger partial charge >= 0.3 is 0 Å². The Morgan fingerprint density at radius 1 is 1.17 bits per heavy atom. The topological polar surface area (TPSA) is 121 Å². The second kappa shape index (κ2) is 11.3. The van der Waals surface area contributed by atoms with Crippen LogP contribution in [-0.2, 0) is 17.9 Å². The Hall–Kier alpha value is -4.19. The molecule has 0 saturated carbocycles. The zero-order valence-corrected chi connectivity index (χ0v) is 20.1. The van der Waals surface area contributed by atoms with E-state index in [-0.39, 0.29) is 11.7 Å². The van der Waals surface area contributed by atoms with E-state index in [1.807, 2.05) is 28.8 Å². The van der Waals surface area contributed by atoms with Crippen LogP contribution in [0.1, 0.15) is 11.4 Å². The minimum atomic E-state index is -0.282. The maximum Gasteiger partial charge on any atom is 0.250 e. The first-order chi connectivity index (χ1) is 17.1. The zero-order valence-electron chi connectivity index (χ0n) is 19.3. The van der Waals surface area contributed by atoms with Gasteiger partial charge in [0.15, 0.2) is 11.0 Å². The number of carbonyl (C=O) groups is 1. The summed E-state index contributed by atoms with van der Waals surface area (Å²) in [6, 6.07) is 13.0. The molecule has 180 valence electrons. The van der Waals surface area contributed by atoms with Crippen LogP contribution in [0.3, 0.4) is 0 Å². The molecule has 12 heteroatoms. The molecule has 11 nitrogen and oxygen atoms in total. The number of fused-ring (bicyclic) bond motifs is 1. The van der Waals surface area contributed by atoms with Crippen molar-refractivity contribution >= 4 is 34.9 Å². The van der Waals surface area contributed by atoms with Gasteiger partial charge in [0.2, 0.25) is 0 Å². The quantitative estimate of drug-likeness (QED) is 0.147. The third-order valence-corrected chi connectivity index (χ3v) is 5.95. The summed E-state index contributed by atoms with van der Waals surface area (Å²) in [6.45, 7) is 4.70. The number of thioether (sulfide) groups is 1. The van der Waals surface area contributed by atoms with Gasteiger partial charge in [-0.1, -0.05) is 35.2 Å². The molecule has 0 unspecified atom stereocenters. The van der Waals surface area contributed by atoms with Crippen molar-refractivity contribution in [3.63, 3.8) is 0 Å². The molecule has 2 aromatic heterocycles. The number of ether oxygens (including phenoxy) is 2. The highest BCUT2D eigenvalue weighted by molar-refractivity contribution is 7.99. The highest BCUT2D eigenvalue weighted by Crippen LogP contribution is 2.23. The van der Waals surface area contributed by atoms with Gasteiger partial charge < -0.3 is 14.0 Å². The molecule has 0 aliphatic heterocycles. The Morgan fingerprint density at radius 2 is 2.03 bits per heavy atom. The third-order valence-electron chi connectivity index (χ3n) is 4.98. The molecular weight excluding hydrogens is 468 g/mol. The average Bonchev–Trinajstić information content (AvgIpc) is 3.47. The lowest BCUT2D eigenvalue weighted by Gasteiger charge is -2.08. The molecule has 0 aliphatic rings. The van der Waals surface area contributed by atoms with Crippen LogP contribution in [0.5, 0.6) is 11.5 Å². The number of amides is 1. The first kappa shape index (κ1) is 24.0. The Morgan fingerprint density at radius 3 is 2.83 bits per heavy atom. The fourth-order valence-electron chi connectivity index (χ4n) is 3.28. The van der Waals surface area contributed by atoms with Crippen LogP contribution < -0.4 is 14.9 Å². The van der Waals surface area contributed by atoms with Crippen molar-refractivity contribution in [2.24, 2.45) is 5.10 Å². The number of hydrogen-bond acceptors (Lipinski definition) is 9. The smallest absolute Gasteiger partial charge is 0.250 e. The molecular formula is C23H24N8O3S. The molecule has 0 radical (unpaired) electrons. The van der Waals surface area contributed by atoms with Crippen LogP contribution in [0.2, 0.25) is 0 Å². The van der Waals surface area contributed by atoms with E-state index in [0.29, 0.717) is 41.1 Å². The van der Waals surface area contributed by atoms with Crippen LogP contribution in [0.4, 0.5) is 0 Å². The predicted molar refractivity (Wildman–Crippen MR) is 133 cm³/mol. The van der Waals surface area contributed by atoms with Gasteiger partial charge in [-0.3, -0.25) is 4.79 Å². The number of para-hydroxylation sites is 1. The first-order valence-electron chi connectivity index (χ1n) is 10.6. The fraction of sp³-hybridized carbons (Fsp3) is 0.217. The van der Waals surface area contributed by atoms with Crippen molar-refractivity contribution in [2.45, 2.75) is 18.2 Å². The van der Waals surface area contributed by atoms with E-state index < -0.39 is 0 Å². The summed E-state index contributed by atoms with van der Waals surface area (Å²) in [4.78, 5) is 12.3. The van der Waals surface area contributed by atoms with E-state index >= 15 is 0 Å². The Balaban J connectivity index is 1.38. The van der Waals surface area contributed by atoms with E-state index in [1.165, 1.54) is 18.0 Å². The lowest BCUT2D eigenvalue weighted by atomic mass is 10.2. The Kier molecular flexibility index (Phi) is 7.73. The van der Waals surface area contributed by atoms with Gasteiger partial charge in [0.1, 0.15) is 23.6 Å². The molecule has 0 fully saturated rings. The number of aromatic nitrogens is 6. The molecule has 1 N–H and O–H groups in total. The summed E-state index contributed by atoms with van der Waals surface area (Å²) in [5, 5.41) is 21.6. The average molecular weight is 493 g/mol. The Bertz CT molecular complexity index is 1360. The molecule has 0 aliphatic carbocycles. The number of nitrogens with zero attached hydrogens (tertiary/aromatic N) is 7. The van der Waals surface area contributed by atoms with Gasteiger partial charge in [-0.05, 0) is 24.3 Å². The highest BCUT2D eigenvalue weighted by Gasteiger charge is 2.15. The van der Waals surface area contributed by atoms with Crippen molar-refractivity contribution < 1.29 is 14.3 Å². The van der Waals surface area contributed by atoms with Crippen molar-refractivity contribution in [3.05, 3.63) is 66.5 Å². The van der Waals surface area contributed by atoms with Crippen LogP contribution in [0.25, 0.3) is 11.0 Å². The normalized spacial score (nSPS) is 11.1. The van der Waals surface area contributed by atoms with Crippen molar-refractivity contribution in [1.29, 1.82) is 0 Å². The maximum absolute atomic E-state index is 12.3. The van der Waals surface area contributed by atoms with Crippen molar-refractivity contribution in [2.75, 3.05) is 20.0 Å². The third kappa shape index (κ3) is 5.66. The summed E-state index contributed by atoms with van der Waals surface area (Å²) in [5.41, 5.74) is 4.93. The highest BCUT2D eigenvalue weighted by atomic mass is 32.2. The Labute approximate surface area is 205 Å². The molecule has 4 aromatic rings. The van der Waals surface area contributed by atoms with Crippen LogP contribution in [-0.4, -0.2) is 61.9 Å². The predicted octanol–water partition coefficient (Wildman–Crippen LogP) is 2.52. The molecule has 2 heterocycles. The molecule has 0 saturated heterocycles. The molecule has 35 heavy (non-hydrogen) atoms. The molecule has 1 amide bonds. The molecule has 0 spiro atoms. The summed E-state index contributed by atoms with van der Waals surface area (Å²) in [6.07, 6.45) is 3.27. The number of nitrogens with one attached hydrogen (secondary N) is 1. The van der Waals surface area contributed by atoms with Gasteiger partial charge in [-0.15, -0.1) is 21.9 Å². The largest absolute Gasteiger partial charge is 0.497 e. The number of methoxy groups -OCH3 is 2. The molecule has 0 bridgehead atoms. The summed E-state index contributed by atoms with van der Waals surface area (Å²) in [5.74, 6) is 1.77. The molecule has 2 aromatic carbocycles. The monoisotopic (exact) mass is 492 g/mol. The molecule has 4 rings (SSSR count). The second-order valence-electron chi connectivity index (χ2n) is 7.22. The summed E-state index contributed by atoms with van der Waals surface area (Å²) < 4.78 is 14.2. The van der Waals surface area contributed by atoms with Crippen LogP contribution in [0, 0.1) is 0 Å². The lowest BCUT2D eigenvalue weighted by molar-refractivity contribution is -0.118. The maximum atomic E-state index is 12.3. The van der Waals surface area contributed by atoms with Crippen molar-refractivity contribution in [3.8, 4) is 11.5 Å². The molecule has 0 atom stereocenters. The van der Waals surface area contributed by atoms with E-state index in [9.17, 15) is 4.79 Å². The number of hydrogen-bond donors (Lipinski definition) is 1. The second-order valence-corrected chi connectivity index (χ2v) is 8.17. The van der Waals surface area contributed by atoms with Crippen LogP contribution >= 0.6 is 11.8 Å². The van der Waals surface area contributed by atoms with Gasteiger partial charge in [-0.2, -0.15) is 5.10 Å². The fourth-order valence-corrected chi connectivity index (χ4v) is 4.04. The van der Waals surface area contributed by atoms with Crippen LogP contribution in [0.15, 0.2) is 65.4 Å². The summed E-state index contributed by atoms with van der Waals surface area (Å²) >= 11 is 1.26. The number of rotatable bonds is 11. The zero-order chi connectivity index (χ0) is 24.6. The first-order valence-corrected chi connectivity index (χ1v) is 11.6. The number of allylic oxidation sites excluding steroid dienone is 1. The van der Waals surface area contributed by atoms with Gasteiger partial charge in [0, 0.05) is 18.2 Å². The van der Waals surface area contributed by atoms with Gasteiger partial charge in [-0.25, -0.2) is 10.1 Å².